The number of carbonyl (C=O) groups excluding carboxylic acids is 2. The molecule has 0 radical (unpaired) electrons. The summed E-state index contributed by atoms with van der Waals surface area (Å²) < 4.78 is 5.74. The molecular formula is C29H34ClN3O5. The predicted molar refractivity (Wildman–Crippen MR) is 146 cm³/mol. The van der Waals surface area contributed by atoms with Gasteiger partial charge in [-0.25, -0.2) is 9.59 Å². The Morgan fingerprint density at radius 1 is 1.13 bits per heavy atom. The van der Waals surface area contributed by atoms with Gasteiger partial charge in [-0.3, -0.25) is 4.79 Å². The van der Waals surface area contributed by atoms with Crippen LogP contribution >= 0.6 is 11.6 Å². The van der Waals surface area contributed by atoms with Gasteiger partial charge in [0.05, 0.1) is 22.7 Å². The number of rotatable bonds is 7. The second kappa shape index (κ2) is 11.3. The highest BCUT2D eigenvalue weighted by molar-refractivity contribution is 6.31. The number of Topliss-reactive ketones (excluding diaryl/α,β-unsaturated/α-hetero) is 1. The molecule has 8 nitrogen and oxygen atoms in total. The van der Waals surface area contributed by atoms with Gasteiger partial charge in [0.15, 0.2) is 5.78 Å². The summed E-state index contributed by atoms with van der Waals surface area (Å²) in [5.41, 5.74) is 0.102. The van der Waals surface area contributed by atoms with Gasteiger partial charge in [0.1, 0.15) is 0 Å². The summed E-state index contributed by atoms with van der Waals surface area (Å²) in [5.74, 6) is -2.82. The van der Waals surface area contributed by atoms with Crippen LogP contribution in [-0.4, -0.2) is 54.6 Å². The Hall–Kier alpha value is -3.20. The maximum Gasteiger partial charge on any atom is 0.337 e. The summed E-state index contributed by atoms with van der Waals surface area (Å²) in [6.45, 7) is 8.65. The van der Waals surface area contributed by atoms with Gasteiger partial charge in [-0.2, -0.15) is 0 Å². The maximum absolute atomic E-state index is 14.0. The Bertz CT molecular complexity index is 1270. The Labute approximate surface area is 227 Å². The third-order valence-electron chi connectivity index (χ3n) is 7.29. The highest BCUT2D eigenvalue weighted by Crippen LogP contribution is 2.55. The maximum atomic E-state index is 14.0. The number of esters is 1. The molecule has 0 bridgehead atoms. The van der Waals surface area contributed by atoms with Gasteiger partial charge in [-0.15, -0.1) is 0 Å². The fourth-order valence-corrected chi connectivity index (χ4v) is 6.35. The molecule has 1 aromatic carbocycles. The van der Waals surface area contributed by atoms with E-state index in [1.807, 2.05) is 0 Å². The number of dihydropyridines is 1. The number of carboxylic acids is 1. The van der Waals surface area contributed by atoms with Crippen molar-refractivity contribution in [1.82, 2.24) is 16.0 Å². The number of nitrogens with one attached hydrogen (secondary N) is 3. The zero-order valence-electron chi connectivity index (χ0n) is 22.1. The lowest BCUT2D eigenvalue weighted by Gasteiger charge is -2.50. The monoisotopic (exact) mass is 539 g/mol. The van der Waals surface area contributed by atoms with Gasteiger partial charge in [0.2, 0.25) is 0 Å². The van der Waals surface area contributed by atoms with Crippen molar-refractivity contribution in [3.05, 3.63) is 81.2 Å². The van der Waals surface area contributed by atoms with Gasteiger partial charge in [-0.05, 0) is 39.3 Å². The van der Waals surface area contributed by atoms with Crippen molar-refractivity contribution in [2.24, 2.45) is 5.92 Å². The van der Waals surface area contributed by atoms with Crippen molar-refractivity contribution in [3.8, 4) is 0 Å². The minimum atomic E-state index is -1.65. The number of benzene rings is 1. The van der Waals surface area contributed by atoms with Crippen LogP contribution in [0.2, 0.25) is 5.02 Å². The lowest BCUT2D eigenvalue weighted by atomic mass is 9.54. The van der Waals surface area contributed by atoms with Gasteiger partial charge >= 0.3 is 11.9 Å². The number of carbonyl (C=O) groups is 3. The van der Waals surface area contributed by atoms with E-state index in [1.165, 1.54) is 0 Å². The second-order valence-corrected chi connectivity index (χ2v) is 10.5. The van der Waals surface area contributed by atoms with E-state index < -0.39 is 35.4 Å². The van der Waals surface area contributed by atoms with Crippen LogP contribution in [0.3, 0.4) is 0 Å². The molecule has 4 N–H and O–H groups in total. The van der Waals surface area contributed by atoms with E-state index in [9.17, 15) is 19.5 Å². The van der Waals surface area contributed by atoms with E-state index in [4.69, 9.17) is 16.3 Å². The average Bonchev–Trinajstić information content (AvgIpc) is 2.85. The largest absolute Gasteiger partial charge is 0.478 e. The number of ketones is 1. The molecule has 2 aliphatic heterocycles. The predicted octanol–water partition coefficient (Wildman–Crippen LogP) is 3.40. The van der Waals surface area contributed by atoms with Gasteiger partial charge < -0.3 is 25.8 Å². The molecule has 0 spiro atoms. The van der Waals surface area contributed by atoms with Crippen LogP contribution < -0.4 is 16.0 Å². The molecule has 1 saturated heterocycles. The summed E-state index contributed by atoms with van der Waals surface area (Å²) in [6, 6.07) is 6.53. The molecule has 4 rings (SSSR count). The average molecular weight is 540 g/mol. The summed E-state index contributed by atoms with van der Waals surface area (Å²) in [7, 11) is 0. The van der Waals surface area contributed by atoms with Gasteiger partial charge in [0, 0.05) is 60.0 Å². The molecular weight excluding hydrogens is 506 g/mol. The first-order chi connectivity index (χ1) is 18.1. The third-order valence-corrected chi connectivity index (χ3v) is 7.62. The number of halogens is 1. The highest BCUT2D eigenvalue weighted by atomic mass is 35.5. The van der Waals surface area contributed by atoms with E-state index >= 15 is 0 Å². The van der Waals surface area contributed by atoms with E-state index in [0.29, 0.717) is 42.2 Å². The second-order valence-electron chi connectivity index (χ2n) is 10.1. The van der Waals surface area contributed by atoms with Gasteiger partial charge in [-0.1, -0.05) is 48.0 Å². The molecule has 0 amide bonds. The van der Waals surface area contributed by atoms with E-state index in [2.05, 4.69) is 16.0 Å². The Morgan fingerprint density at radius 3 is 2.45 bits per heavy atom. The van der Waals surface area contributed by atoms with Crippen LogP contribution in [0, 0.1) is 5.92 Å². The fraction of sp³-hybridized carbons (Fsp3) is 0.414. The van der Waals surface area contributed by atoms with Crippen molar-refractivity contribution in [1.29, 1.82) is 0 Å². The van der Waals surface area contributed by atoms with Crippen molar-refractivity contribution < 1.29 is 24.2 Å². The Balaban J connectivity index is 2.20. The molecule has 9 heteroatoms. The Morgan fingerprint density at radius 2 is 1.84 bits per heavy atom. The Kier molecular flexibility index (Phi) is 8.25. The molecule has 3 atom stereocenters. The van der Waals surface area contributed by atoms with Gasteiger partial charge in [0.25, 0.3) is 0 Å². The fourth-order valence-electron chi connectivity index (χ4n) is 6.07. The molecule has 2 heterocycles. The van der Waals surface area contributed by atoms with Crippen molar-refractivity contribution in [2.45, 2.75) is 51.7 Å². The molecule has 0 saturated carbocycles. The molecule has 202 valence electrons. The molecule has 1 aromatic rings. The van der Waals surface area contributed by atoms with E-state index in [1.54, 1.807) is 70.2 Å². The van der Waals surface area contributed by atoms with Crippen molar-refractivity contribution in [2.75, 3.05) is 19.6 Å². The molecule has 1 fully saturated rings. The summed E-state index contributed by atoms with van der Waals surface area (Å²) in [4.78, 5) is 40.8. The summed E-state index contributed by atoms with van der Waals surface area (Å²) in [5, 5.41) is 21.1. The lowest BCUT2D eigenvalue weighted by Crippen LogP contribution is -2.61. The quantitative estimate of drug-likeness (QED) is 0.390. The number of carboxylic acid groups (broad SMARTS) is 1. The zero-order valence-corrected chi connectivity index (χ0v) is 22.8. The molecule has 38 heavy (non-hydrogen) atoms. The number of hydrogen-bond donors (Lipinski definition) is 4. The standard InChI is InChI=1S/C29H34ClN3O5/c1-16(2)38-28(37)25-18(4)33-17(3)24(27(35)36)29(25,20-10-6-7-11-21(20)30)26(22-15-31-13-14-32-22)19-9-5-8-12-23(19)34/h5-11,16,22,26,31-33H,12-15H2,1-4H3,(H,35,36). The smallest absolute Gasteiger partial charge is 0.337 e. The summed E-state index contributed by atoms with van der Waals surface area (Å²) in [6.07, 6.45) is 5.04. The van der Waals surface area contributed by atoms with Crippen molar-refractivity contribution >= 4 is 29.3 Å². The number of ether oxygens (including phenoxy) is 1. The normalized spacial score (nSPS) is 24.7. The summed E-state index contributed by atoms with van der Waals surface area (Å²) >= 11 is 6.88. The van der Waals surface area contributed by atoms with Crippen LogP contribution in [0.4, 0.5) is 0 Å². The number of piperazine rings is 1. The number of allylic oxidation sites excluding steroid dienone is 5. The van der Waals surface area contributed by atoms with Crippen molar-refractivity contribution in [3.63, 3.8) is 0 Å². The highest BCUT2D eigenvalue weighted by Gasteiger charge is 2.59. The molecule has 3 aliphatic rings. The third kappa shape index (κ3) is 4.84. The first kappa shape index (κ1) is 27.8. The minimum absolute atomic E-state index is 0.0486. The SMILES string of the molecule is CC1=C(C(=O)O)C(c2ccccc2Cl)(C(C2=CC=CCC2=O)C2CNCCN2)C(C(=O)OC(C)C)=C(C)N1. The first-order valence-electron chi connectivity index (χ1n) is 12.8. The topological polar surface area (TPSA) is 117 Å². The zero-order chi connectivity index (χ0) is 27.6. The van der Waals surface area contributed by atoms with Crippen LogP contribution in [0.5, 0.6) is 0 Å². The molecule has 3 unspecified atom stereocenters. The van der Waals surface area contributed by atoms with E-state index in [0.717, 1.165) is 0 Å². The minimum Gasteiger partial charge on any atom is -0.478 e. The molecule has 1 aliphatic carbocycles. The van der Waals surface area contributed by atoms with Crippen LogP contribution in [0.1, 0.15) is 39.7 Å². The molecule has 0 aromatic heterocycles. The van der Waals surface area contributed by atoms with Crippen LogP contribution in [0.25, 0.3) is 0 Å². The van der Waals surface area contributed by atoms with Crippen LogP contribution in [-0.2, 0) is 24.5 Å². The number of aliphatic carboxylic acids is 1. The number of hydrogen-bond acceptors (Lipinski definition) is 7. The lowest BCUT2D eigenvalue weighted by molar-refractivity contribution is -0.144. The van der Waals surface area contributed by atoms with E-state index in [-0.39, 0.29) is 28.4 Å². The van der Waals surface area contributed by atoms with Crippen LogP contribution in [0.15, 0.2) is 70.6 Å². The first-order valence-corrected chi connectivity index (χ1v) is 13.2.